The molecular weight excluding hydrogens is 379 g/mol. The van der Waals surface area contributed by atoms with Gasteiger partial charge in [-0.05, 0) is 47.9 Å². The van der Waals surface area contributed by atoms with Crippen LogP contribution in [0.25, 0.3) is 11.1 Å². The molecule has 0 radical (unpaired) electrons. The van der Waals surface area contributed by atoms with Crippen molar-refractivity contribution in [2.45, 2.75) is 18.8 Å². The Bertz CT molecular complexity index is 1180. The molecule has 1 aliphatic rings. The molecule has 0 N–H and O–H groups in total. The fourth-order valence-electron chi connectivity index (χ4n) is 4.09. The molecule has 0 aliphatic carbocycles. The third-order valence-electron chi connectivity index (χ3n) is 5.69. The molecule has 0 bridgehead atoms. The number of carbonyl (C=O) groups is 1. The van der Waals surface area contributed by atoms with Crippen molar-refractivity contribution < 1.29 is 13.6 Å². The number of rotatable bonds is 4. The number of carbonyl (C=O) groups excluding carboxylic acids is 1. The molecule has 1 aliphatic heterocycles. The van der Waals surface area contributed by atoms with Crippen LogP contribution in [0.2, 0.25) is 0 Å². The molecule has 0 saturated carbocycles. The van der Waals surface area contributed by atoms with E-state index in [1.807, 2.05) is 53.4 Å². The number of hydrogen-bond acceptors (Lipinski definition) is 3. The monoisotopic (exact) mass is 400 g/mol. The van der Waals surface area contributed by atoms with Gasteiger partial charge in [-0.3, -0.25) is 4.79 Å². The molecule has 2 heterocycles. The van der Waals surface area contributed by atoms with Crippen molar-refractivity contribution in [2.75, 3.05) is 13.1 Å². The van der Waals surface area contributed by atoms with Crippen LogP contribution >= 0.6 is 0 Å². The second-order valence-electron chi connectivity index (χ2n) is 7.74. The van der Waals surface area contributed by atoms with E-state index in [-0.39, 0.29) is 17.6 Å². The minimum atomic E-state index is -0.239. The van der Waals surface area contributed by atoms with Gasteiger partial charge in [0.1, 0.15) is 11.3 Å². The predicted molar refractivity (Wildman–Crippen MR) is 113 cm³/mol. The van der Waals surface area contributed by atoms with Gasteiger partial charge in [-0.15, -0.1) is 0 Å². The zero-order chi connectivity index (χ0) is 20.5. The number of benzene rings is 3. The lowest BCUT2D eigenvalue weighted by Crippen LogP contribution is -2.28. The van der Waals surface area contributed by atoms with E-state index in [9.17, 15) is 9.18 Å². The number of fused-ring (bicyclic) bond motifs is 1. The summed E-state index contributed by atoms with van der Waals surface area (Å²) in [6, 6.07) is 22.0. The second-order valence-corrected chi connectivity index (χ2v) is 7.74. The Kier molecular flexibility index (Phi) is 4.79. The summed E-state index contributed by atoms with van der Waals surface area (Å²) in [7, 11) is 0. The molecule has 1 aromatic heterocycles. The van der Waals surface area contributed by atoms with E-state index in [0.717, 1.165) is 17.5 Å². The molecule has 1 saturated heterocycles. The maximum absolute atomic E-state index is 13.2. The number of likely N-dealkylation sites (tertiary alicyclic amines) is 1. The number of halogens is 1. The average molecular weight is 400 g/mol. The van der Waals surface area contributed by atoms with E-state index in [4.69, 9.17) is 4.42 Å². The van der Waals surface area contributed by atoms with Crippen molar-refractivity contribution in [3.05, 3.63) is 101 Å². The van der Waals surface area contributed by atoms with E-state index >= 15 is 0 Å². The molecule has 30 heavy (non-hydrogen) atoms. The molecule has 1 unspecified atom stereocenters. The summed E-state index contributed by atoms with van der Waals surface area (Å²) in [5, 5.41) is 0. The summed E-state index contributed by atoms with van der Waals surface area (Å²) in [5.41, 5.74) is 4.19. The third kappa shape index (κ3) is 3.71. The Labute approximate surface area is 174 Å². The van der Waals surface area contributed by atoms with Gasteiger partial charge >= 0.3 is 0 Å². The number of amides is 1. The lowest BCUT2D eigenvalue weighted by molar-refractivity contribution is 0.0791. The van der Waals surface area contributed by atoms with Crippen LogP contribution in [0.4, 0.5) is 4.39 Å². The van der Waals surface area contributed by atoms with Gasteiger partial charge < -0.3 is 9.32 Å². The molecule has 1 amide bonds. The molecule has 4 nitrogen and oxygen atoms in total. The number of hydrogen-bond donors (Lipinski definition) is 0. The normalized spacial score (nSPS) is 16.3. The van der Waals surface area contributed by atoms with Gasteiger partial charge in [0, 0.05) is 31.0 Å². The number of nitrogens with zero attached hydrogens (tertiary/aromatic N) is 2. The topological polar surface area (TPSA) is 46.3 Å². The Morgan fingerprint density at radius 2 is 1.87 bits per heavy atom. The fraction of sp³-hybridized carbons (Fsp3) is 0.200. The van der Waals surface area contributed by atoms with Gasteiger partial charge in [-0.25, -0.2) is 9.37 Å². The average Bonchev–Trinajstić information content (AvgIpc) is 3.41. The second kappa shape index (κ2) is 7.75. The SMILES string of the molecule is O=C(c1ccc2oc(Cc3ccccc3)nc2c1)N1CCC(c2ccc(F)cc2)C1. The summed E-state index contributed by atoms with van der Waals surface area (Å²) in [6.07, 6.45) is 1.50. The summed E-state index contributed by atoms with van der Waals surface area (Å²) in [4.78, 5) is 19.5. The largest absolute Gasteiger partial charge is 0.440 e. The van der Waals surface area contributed by atoms with Crippen molar-refractivity contribution in [1.82, 2.24) is 9.88 Å². The Morgan fingerprint density at radius 3 is 2.67 bits per heavy atom. The molecule has 3 aromatic carbocycles. The van der Waals surface area contributed by atoms with Crippen LogP contribution in [0.3, 0.4) is 0 Å². The van der Waals surface area contributed by atoms with Crippen molar-refractivity contribution >= 4 is 17.0 Å². The summed E-state index contributed by atoms with van der Waals surface area (Å²) >= 11 is 0. The fourth-order valence-corrected chi connectivity index (χ4v) is 4.09. The predicted octanol–water partition coefficient (Wildman–Crippen LogP) is 5.19. The lowest BCUT2D eigenvalue weighted by atomic mass is 9.98. The number of aromatic nitrogens is 1. The van der Waals surface area contributed by atoms with Gasteiger partial charge in [0.2, 0.25) is 0 Å². The zero-order valence-electron chi connectivity index (χ0n) is 16.4. The first-order chi connectivity index (χ1) is 14.7. The highest BCUT2D eigenvalue weighted by Crippen LogP contribution is 2.29. The lowest BCUT2D eigenvalue weighted by Gasteiger charge is -2.16. The van der Waals surface area contributed by atoms with Crippen molar-refractivity contribution in [2.24, 2.45) is 0 Å². The van der Waals surface area contributed by atoms with Gasteiger partial charge in [-0.1, -0.05) is 42.5 Å². The molecule has 5 heteroatoms. The summed E-state index contributed by atoms with van der Waals surface area (Å²) in [6.45, 7) is 1.33. The minimum Gasteiger partial charge on any atom is -0.440 e. The van der Waals surface area contributed by atoms with Gasteiger partial charge in [0.15, 0.2) is 11.5 Å². The first kappa shape index (κ1) is 18.6. The van der Waals surface area contributed by atoms with E-state index in [1.54, 1.807) is 12.1 Å². The minimum absolute atomic E-state index is 0.00544. The van der Waals surface area contributed by atoms with E-state index < -0.39 is 0 Å². The van der Waals surface area contributed by atoms with Crippen LogP contribution in [-0.2, 0) is 6.42 Å². The Hall–Kier alpha value is -3.47. The summed E-state index contributed by atoms with van der Waals surface area (Å²) < 4.78 is 19.0. The molecule has 1 fully saturated rings. The van der Waals surface area contributed by atoms with Gasteiger partial charge in [0.05, 0.1) is 0 Å². The van der Waals surface area contributed by atoms with Crippen LogP contribution < -0.4 is 0 Å². The Morgan fingerprint density at radius 1 is 1.07 bits per heavy atom. The standard InChI is InChI=1S/C25H21FN2O2/c26-21-9-6-18(7-10-21)20-12-13-28(16-20)25(29)19-8-11-23-22(15-19)27-24(30-23)14-17-4-2-1-3-5-17/h1-11,15,20H,12-14,16H2. The van der Waals surface area contributed by atoms with Crippen LogP contribution in [0.15, 0.2) is 77.2 Å². The van der Waals surface area contributed by atoms with Crippen LogP contribution in [0.1, 0.15) is 39.7 Å². The van der Waals surface area contributed by atoms with Crippen molar-refractivity contribution in [1.29, 1.82) is 0 Å². The highest BCUT2D eigenvalue weighted by atomic mass is 19.1. The van der Waals surface area contributed by atoms with Gasteiger partial charge in [-0.2, -0.15) is 0 Å². The molecular formula is C25H21FN2O2. The maximum atomic E-state index is 13.2. The Balaban J connectivity index is 1.32. The van der Waals surface area contributed by atoms with E-state index in [2.05, 4.69) is 4.98 Å². The molecule has 150 valence electrons. The van der Waals surface area contributed by atoms with Crippen LogP contribution in [0, 0.1) is 5.82 Å². The van der Waals surface area contributed by atoms with Gasteiger partial charge in [0.25, 0.3) is 5.91 Å². The third-order valence-corrected chi connectivity index (χ3v) is 5.69. The first-order valence-electron chi connectivity index (χ1n) is 10.1. The molecule has 1 atom stereocenters. The van der Waals surface area contributed by atoms with Crippen molar-refractivity contribution in [3.8, 4) is 0 Å². The highest BCUT2D eigenvalue weighted by molar-refractivity contribution is 5.97. The smallest absolute Gasteiger partial charge is 0.253 e. The summed E-state index contributed by atoms with van der Waals surface area (Å²) in [5.74, 6) is 0.632. The first-order valence-corrected chi connectivity index (χ1v) is 10.1. The van der Waals surface area contributed by atoms with Crippen molar-refractivity contribution in [3.63, 3.8) is 0 Å². The molecule has 5 rings (SSSR count). The van der Waals surface area contributed by atoms with Crippen LogP contribution in [0.5, 0.6) is 0 Å². The quantitative estimate of drug-likeness (QED) is 0.474. The number of oxazole rings is 1. The van der Waals surface area contributed by atoms with E-state index in [0.29, 0.717) is 42.1 Å². The molecule has 4 aromatic rings. The van der Waals surface area contributed by atoms with E-state index in [1.165, 1.54) is 12.1 Å². The zero-order valence-corrected chi connectivity index (χ0v) is 16.4. The van der Waals surface area contributed by atoms with Crippen LogP contribution in [-0.4, -0.2) is 28.9 Å². The maximum Gasteiger partial charge on any atom is 0.253 e. The highest BCUT2D eigenvalue weighted by Gasteiger charge is 2.28. The molecule has 0 spiro atoms.